The van der Waals surface area contributed by atoms with Crippen LogP contribution in [0.25, 0.3) is 0 Å². The first kappa shape index (κ1) is 17.0. The van der Waals surface area contributed by atoms with E-state index in [1.807, 2.05) is 4.90 Å². The second-order valence-electron chi connectivity index (χ2n) is 7.83. The Kier molecular flexibility index (Phi) is 5.04. The minimum absolute atomic E-state index is 0.0871. The van der Waals surface area contributed by atoms with Crippen LogP contribution in [0, 0.1) is 5.92 Å². The number of hydrogen-bond donors (Lipinski definition) is 2. The molecule has 1 aromatic heterocycles. The van der Waals surface area contributed by atoms with E-state index in [9.17, 15) is 4.79 Å². The van der Waals surface area contributed by atoms with E-state index in [0.717, 1.165) is 70.5 Å². The van der Waals surface area contributed by atoms with Gasteiger partial charge in [-0.25, -0.2) is 4.98 Å². The van der Waals surface area contributed by atoms with Crippen LogP contribution < -0.4 is 15.5 Å². The molecule has 1 amide bonds. The van der Waals surface area contributed by atoms with Gasteiger partial charge < -0.3 is 10.6 Å². The first-order valence-electron chi connectivity index (χ1n) is 9.99. The smallest absolute Gasteiger partial charge is 0.232 e. The highest BCUT2D eigenvalue weighted by Crippen LogP contribution is 2.32. The lowest BCUT2D eigenvalue weighted by molar-refractivity contribution is -0.124. The first-order chi connectivity index (χ1) is 12.2. The van der Waals surface area contributed by atoms with Crippen LogP contribution in [0.3, 0.4) is 0 Å². The molecule has 3 aliphatic heterocycles. The van der Waals surface area contributed by atoms with Crippen LogP contribution in [-0.2, 0) is 11.2 Å². The largest absolute Gasteiger partial charge is 0.317 e. The average Bonchev–Trinajstić information content (AvgIpc) is 2.67. The van der Waals surface area contributed by atoms with Crippen LogP contribution in [0.4, 0.5) is 5.82 Å². The van der Waals surface area contributed by atoms with Gasteiger partial charge in [0.05, 0.1) is 5.92 Å². The Bertz CT molecular complexity index is 626. The van der Waals surface area contributed by atoms with E-state index in [1.165, 1.54) is 11.3 Å². The molecular weight excluding hydrogens is 312 g/mol. The molecule has 25 heavy (non-hydrogen) atoms. The quantitative estimate of drug-likeness (QED) is 0.865. The van der Waals surface area contributed by atoms with Crippen LogP contribution in [0.1, 0.15) is 56.2 Å². The van der Waals surface area contributed by atoms with Gasteiger partial charge in [-0.3, -0.25) is 9.69 Å². The van der Waals surface area contributed by atoms with Gasteiger partial charge in [0, 0.05) is 24.2 Å². The summed E-state index contributed by atoms with van der Waals surface area (Å²) < 4.78 is 0. The number of carbonyl (C=O) groups excluding carboxylic acids is 1. The summed E-state index contributed by atoms with van der Waals surface area (Å²) in [6, 6.07) is 4.69. The number of nitrogens with one attached hydrogen (secondary N) is 2. The molecule has 136 valence electrons. The Balaban J connectivity index is 1.60. The molecule has 2 N–H and O–H groups in total. The summed E-state index contributed by atoms with van der Waals surface area (Å²) in [7, 11) is 0. The topological polar surface area (TPSA) is 57.3 Å². The molecule has 2 fully saturated rings. The van der Waals surface area contributed by atoms with Gasteiger partial charge in [-0.05, 0) is 76.7 Å². The Morgan fingerprint density at radius 2 is 2.00 bits per heavy atom. The molecule has 0 bridgehead atoms. The SMILES string of the molecule is CC1NCCCC1C(=O)N1CCCc2ccc(C3CCNCC3)nc21. The van der Waals surface area contributed by atoms with Gasteiger partial charge in [0.15, 0.2) is 0 Å². The zero-order valence-electron chi connectivity index (χ0n) is 15.3. The van der Waals surface area contributed by atoms with Crippen molar-refractivity contribution >= 4 is 11.7 Å². The van der Waals surface area contributed by atoms with E-state index in [4.69, 9.17) is 4.98 Å². The van der Waals surface area contributed by atoms with Gasteiger partial charge in [-0.2, -0.15) is 0 Å². The van der Waals surface area contributed by atoms with E-state index < -0.39 is 0 Å². The molecule has 3 aliphatic rings. The lowest BCUT2D eigenvalue weighted by Gasteiger charge is -2.36. The maximum atomic E-state index is 13.2. The van der Waals surface area contributed by atoms with Crippen molar-refractivity contribution in [3.63, 3.8) is 0 Å². The van der Waals surface area contributed by atoms with Gasteiger partial charge >= 0.3 is 0 Å². The normalized spacial score (nSPS) is 27.8. The van der Waals surface area contributed by atoms with E-state index in [0.29, 0.717) is 5.92 Å². The molecule has 2 atom stereocenters. The van der Waals surface area contributed by atoms with E-state index >= 15 is 0 Å². The molecule has 0 aliphatic carbocycles. The van der Waals surface area contributed by atoms with Crippen molar-refractivity contribution < 1.29 is 4.79 Å². The summed E-state index contributed by atoms with van der Waals surface area (Å²) in [5, 5.41) is 6.89. The highest BCUT2D eigenvalue weighted by atomic mass is 16.2. The van der Waals surface area contributed by atoms with Crippen molar-refractivity contribution in [2.24, 2.45) is 5.92 Å². The molecule has 5 heteroatoms. The molecular formula is C20H30N4O. The first-order valence-corrected chi connectivity index (χ1v) is 9.99. The number of nitrogens with zero attached hydrogens (tertiary/aromatic N) is 2. The van der Waals surface area contributed by atoms with Crippen LogP contribution in [0.2, 0.25) is 0 Å². The number of rotatable bonds is 2. The number of anilines is 1. The summed E-state index contributed by atoms with van der Waals surface area (Å²) in [6.07, 6.45) is 6.45. The molecule has 5 nitrogen and oxygen atoms in total. The number of pyridine rings is 1. The van der Waals surface area contributed by atoms with Crippen molar-refractivity contribution in [1.82, 2.24) is 15.6 Å². The fraction of sp³-hybridized carbons (Fsp3) is 0.700. The van der Waals surface area contributed by atoms with E-state index in [2.05, 4.69) is 29.7 Å². The molecule has 4 heterocycles. The lowest BCUT2D eigenvalue weighted by atomic mass is 9.89. The average molecular weight is 342 g/mol. The maximum absolute atomic E-state index is 13.2. The zero-order chi connectivity index (χ0) is 17.2. The summed E-state index contributed by atoms with van der Waals surface area (Å²) in [5.41, 5.74) is 2.42. The van der Waals surface area contributed by atoms with E-state index in [1.54, 1.807) is 0 Å². The van der Waals surface area contributed by atoms with Gasteiger partial charge in [0.2, 0.25) is 5.91 Å². The second-order valence-corrected chi connectivity index (χ2v) is 7.83. The third kappa shape index (κ3) is 3.44. The van der Waals surface area contributed by atoms with Gasteiger partial charge in [-0.15, -0.1) is 0 Å². The van der Waals surface area contributed by atoms with Gasteiger partial charge in [0.1, 0.15) is 5.82 Å². The summed E-state index contributed by atoms with van der Waals surface area (Å²) >= 11 is 0. The Morgan fingerprint density at radius 3 is 2.80 bits per heavy atom. The second kappa shape index (κ2) is 7.42. The Morgan fingerprint density at radius 1 is 1.16 bits per heavy atom. The van der Waals surface area contributed by atoms with E-state index in [-0.39, 0.29) is 17.9 Å². The van der Waals surface area contributed by atoms with Crippen LogP contribution in [-0.4, -0.2) is 43.1 Å². The minimum atomic E-state index is 0.0871. The third-order valence-corrected chi connectivity index (χ3v) is 6.16. The zero-order valence-corrected chi connectivity index (χ0v) is 15.3. The molecule has 2 saturated heterocycles. The summed E-state index contributed by atoms with van der Waals surface area (Å²) in [5.74, 6) is 1.84. The molecule has 1 aromatic rings. The number of aryl methyl sites for hydroxylation is 1. The summed E-state index contributed by atoms with van der Waals surface area (Å²) in [6.45, 7) is 6.12. The maximum Gasteiger partial charge on any atom is 0.232 e. The predicted molar refractivity (Wildman–Crippen MR) is 99.9 cm³/mol. The fourth-order valence-electron chi connectivity index (χ4n) is 4.60. The number of piperidine rings is 2. The summed E-state index contributed by atoms with van der Waals surface area (Å²) in [4.78, 5) is 20.3. The van der Waals surface area contributed by atoms with Gasteiger partial charge in [-0.1, -0.05) is 6.07 Å². The molecule has 2 unspecified atom stereocenters. The third-order valence-electron chi connectivity index (χ3n) is 6.16. The standard InChI is InChI=1S/C20H30N4O/c1-14-17(5-2-10-22-14)20(25)24-13-3-4-16-6-7-18(23-19(16)24)15-8-11-21-12-9-15/h6-7,14-15,17,21-22H,2-5,8-13H2,1H3. The van der Waals surface area contributed by atoms with Crippen LogP contribution >= 0.6 is 0 Å². The molecule has 0 saturated carbocycles. The Hall–Kier alpha value is -1.46. The van der Waals surface area contributed by atoms with Crippen molar-refractivity contribution in [3.8, 4) is 0 Å². The molecule has 0 aromatic carbocycles. The number of fused-ring (bicyclic) bond motifs is 1. The number of amides is 1. The van der Waals surface area contributed by atoms with Crippen LogP contribution in [0.5, 0.6) is 0 Å². The van der Waals surface area contributed by atoms with Gasteiger partial charge in [0.25, 0.3) is 0 Å². The predicted octanol–water partition coefficient (Wildman–Crippen LogP) is 2.22. The molecule has 0 radical (unpaired) electrons. The highest BCUT2D eigenvalue weighted by Gasteiger charge is 2.34. The fourth-order valence-corrected chi connectivity index (χ4v) is 4.60. The monoisotopic (exact) mass is 342 g/mol. The number of aromatic nitrogens is 1. The lowest BCUT2D eigenvalue weighted by Crippen LogP contribution is -2.49. The van der Waals surface area contributed by atoms with Crippen molar-refractivity contribution in [3.05, 3.63) is 23.4 Å². The van der Waals surface area contributed by atoms with Crippen molar-refractivity contribution in [2.45, 2.75) is 57.4 Å². The van der Waals surface area contributed by atoms with Crippen LogP contribution in [0.15, 0.2) is 12.1 Å². The Labute approximate surface area is 150 Å². The number of carbonyl (C=O) groups is 1. The highest BCUT2D eigenvalue weighted by molar-refractivity contribution is 5.95. The molecule has 0 spiro atoms. The van der Waals surface area contributed by atoms with Crippen molar-refractivity contribution in [1.29, 1.82) is 0 Å². The van der Waals surface area contributed by atoms with Crippen molar-refractivity contribution in [2.75, 3.05) is 31.1 Å². The minimum Gasteiger partial charge on any atom is -0.317 e. The molecule has 4 rings (SSSR count). The number of hydrogen-bond acceptors (Lipinski definition) is 4.